The first kappa shape index (κ1) is 27.4. The molecule has 37 heavy (non-hydrogen) atoms. The van der Waals surface area contributed by atoms with E-state index in [0.29, 0.717) is 11.8 Å². The van der Waals surface area contributed by atoms with E-state index in [2.05, 4.69) is 73.9 Å². The van der Waals surface area contributed by atoms with Gasteiger partial charge in [-0.3, -0.25) is 4.79 Å². The van der Waals surface area contributed by atoms with Gasteiger partial charge in [0.15, 0.2) is 0 Å². The van der Waals surface area contributed by atoms with E-state index in [4.69, 9.17) is 5.10 Å². The van der Waals surface area contributed by atoms with Crippen LogP contribution in [-0.2, 0) is 6.42 Å². The number of hydrogen-bond donors (Lipinski definition) is 0. The Morgan fingerprint density at radius 1 is 0.946 bits per heavy atom. The molecule has 1 aliphatic rings. The zero-order valence-electron chi connectivity index (χ0n) is 23.5. The standard InChI is InChI=1S/C32H46N4O/c1-25(2)15-21-35(22-16-26(3)4)32(37)28-17-23-36-30(24-28)29(14-11-20-34-18-9-6-10-19-34)31(33-36)27-12-7-5-8-13-27/h5,7-8,12-13,17,23-26H,6,9-11,14-16,18-22H2,1-4H3. The molecular weight excluding hydrogens is 456 g/mol. The summed E-state index contributed by atoms with van der Waals surface area (Å²) in [6, 6.07) is 14.5. The molecule has 0 bridgehead atoms. The predicted molar refractivity (Wildman–Crippen MR) is 154 cm³/mol. The van der Waals surface area contributed by atoms with Crippen LogP contribution >= 0.6 is 0 Å². The van der Waals surface area contributed by atoms with Crippen molar-refractivity contribution in [1.29, 1.82) is 0 Å². The molecule has 1 aromatic carbocycles. The van der Waals surface area contributed by atoms with Crippen molar-refractivity contribution < 1.29 is 4.79 Å². The van der Waals surface area contributed by atoms with Gasteiger partial charge in [0, 0.05) is 36.0 Å². The zero-order valence-corrected chi connectivity index (χ0v) is 23.5. The molecule has 0 radical (unpaired) electrons. The topological polar surface area (TPSA) is 40.9 Å². The van der Waals surface area contributed by atoms with Crippen LogP contribution in [0.4, 0.5) is 0 Å². The Balaban J connectivity index is 1.62. The van der Waals surface area contributed by atoms with Crippen LogP contribution < -0.4 is 0 Å². The number of benzene rings is 1. The molecule has 1 fully saturated rings. The van der Waals surface area contributed by atoms with Crippen LogP contribution in [0.15, 0.2) is 48.7 Å². The highest BCUT2D eigenvalue weighted by atomic mass is 16.2. The largest absolute Gasteiger partial charge is 0.339 e. The molecule has 0 spiro atoms. The van der Waals surface area contributed by atoms with Gasteiger partial charge in [-0.05, 0) is 82.1 Å². The molecule has 0 atom stereocenters. The molecule has 0 saturated carbocycles. The average molecular weight is 503 g/mol. The van der Waals surface area contributed by atoms with Crippen LogP contribution in [0.3, 0.4) is 0 Å². The van der Waals surface area contributed by atoms with Gasteiger partial charge >= 0.3 is 0 Å². The molecule has 1 saturated heterocycles. The predicted octanol–water partition coefficient (Wildman–Crippen LogP) is 6.95. The number of likely N-dealkylation sites (tertiary alicyclic amines) is 1. The molecule has 3 heterocycles. The van der Waals surface area contributed by atoms with Crippen LogP contribution in [0.1, 0.15) is 82.1 Å². The summed E-state index contributed by atoms with van der Waals surface area (Å²) in [6.45, 7) is 14.1. The summed E-state index contributed by atoms with van der Waals surface area (Å²) in [5.41, 5.74) is 5.28. The second-order valence-corrected chi connectivity index (χ2v) is 11.6. The van der Waals surface area contributed by atoms with Crippen LogP contribution in [-0.4, -0.2) is 58.0 Å². The normalized spacial score (nSPS) is 14.6. The molecule has 1 amide bonds. The number of nitrogens with zero attached hydrogens (tertiary/aromatic N) is 4. The Hall–Kier alpha value is -2.66. The molecule has 3 aromatic rings. The molecule has 1 aliphatic heterocycles. The third-order valence-electron chi connectivity index (χ3n) is 7.62. The number of amides is 1. The van der Waals surface area contributed by atoms with Crippen molar-refractivity contribution in [3.05, 3.63) is 59.8 Å². The lowest BCUT2D eigenvalue weighted by Gasteiger charge is -2.26. The highest BCUT2D eigenvalue weighted by molar-refractivity contribution is 5.95. The van der Waals surface area contributed by atoms with Crippen LogP contribution in [0.2, 0.25) is 0 Å². The average Bonchev–Trinajstić information content (AvgIpc) is 3.27. The highest BCUT2D eigenvalue weighted by Crippen LogP contribution is 2.28. The monoisotopic (exact) mass is 502 g/mol. The lowest BCUT2D eigenvalue weighted by atomic mass is 10.0. The number of carbonyl (C=O) groups excluding carboxylic acids is 1. The van der Waals surface area contributed by atoms with E-state index in [1.165, 1.54) is 37.9 Å². The number of piperidine rings is 1. The summed E-state index contributed by atoms with van der Waals surface area (Å²) >= 11 is 0. The molecule has 5 nitrogen and oxygen atoms in total. The maximum Gasteiger partial charge on any atom is 0.253 e. The number of aromatic nitrogens is 2. The second kappa shape index (κ2) is 13.2. The summed E-state index contributed by atoms with van der Waals surface area (Å²) < 4.78 is 1.97. The number of pyridine rings is 1. The zero-order chi connectivity index (χ0) is 26.2. The van der Waals surface area contributed by atoms with Gasteiger partial charge in [0.2, 0.25) is 0 Å². The Labute approximate surface area is 223 Å². The van der Waals surface area contributed by atoms with Crippen LogP contribution in [0.25, 0.3) is 16.8 Å². The maximum atomic E-state index is 13.7. The van der Waals surface area contributed by atoms with Gasteiger partial charge in [0.25, 0.3) is 5.91 Å². The third kappa shape index (κ3) is 7.44. The Bertz CT molecular complexity index is 1120. The van der Waals surface area contributed by atoms with Crippen molar-refractivity contribution in [2.75, 3.05) is 32.7 Å². The van der Waals surface area contributed by atoms with Gasteiger partial charge in [-0.1, -0.05) is 64.4 Å². The number of hydrogen-bond acceptors (Lipinski definition) is 3. The van der Waals surface area contributed by atoms with E-state index >= 15 is 0 Å². The lowest BCUT2D eigenvalue weighted by molar-refractivity contribution is 0.0741. The minimum absolute atomic E-state index is 0.144. The van der Waals surface area contributed by atoms with E-state index in [-0.39, 0.29) is 5.91 Å². The minimum atomic E-state index is 0.144. The van der Waals surface area contributed by atoms with Gasteiger partial charge in [-0.2, -0.15) is 5.10 Å². The van der Waals surface area contributed by atoms with Gasteiger partial charge in [-0.25, -0.2) is 4.52 Å². The molecule has 4 rings (SSSR count). The minimum Gasteiger partial charge on any atom is -0.339 e. The van der Waals surface area contributed by atoms with Crippen molar-refractivity contribution in [3.63, 3.8) is 0 Å². The van der Waals surface area contributed by atoms with Crippen LogP contribution in [0, 0.1) is 11.8 Å². The first-order valence-electron chi connectivity index (χ1n) is 14.5. The molecule has 0 N–H and O–H groups in total. The summed E-state index contributed by atoms with van der Waals surface area (Å²) in [6.07, 6.45) is 10.1. The van der Waals surface area contributed by atoms with Gasteiger partial charge in [0.1, 0.15) is 0 Å². The van der Waals surface area contributed by atoms with E-state index in [9.17, 15) is 4.79 Å². The molecule has 0 unspecified atom stereocenters. The fourth-order valence-corrected chi connectivity index (χ4v) is 5.29. The van der Waals surface area contributed by atoms with Gasteiger partial charge in [0.05, 0.1) is 11.2 Å². The Kier molecular flexibility index (Phi) is 9.79. The number of aryl methyl sites for hydroxylation is 1. The van der Waals surface area contributed by atoms with Gasteiger partial charge < -0.3 is 9.80 Å². The summed E-state index contributed by atoms with van der Waals surface area (Å²) in [7, 11) is 0. The molecule has 2 aromatic heterocycles. The fourth-order valence-electron chi connectivity index (χ4n) is 5.29. The third-order valence-corrected chi connectivity index (χ3v) is 7.62. The smallest absolute Gasteiger partial charge is 0.253 e. The SMILES string of the molecule is CC(C)CCN(CCC(C)C)C(=O)c1ccn2nc(-c3ccccc3)c(CCCN3CCCCC3)c2c1. The summed E-state index contributed by atoms with van der Waals surface area (Å²) in [4.78, 5) is 18.4. The molecular formula is C32H46N4O. The van der Waals surface area contributed by atoms with Crippen molar-refractivity contribution in [3.8, 4) is 11.3 Å². The van der Waals surface area contributed by atoms with Gasteiger partial charge in [-0.15, -0.1) is 0 Å². The molecule has 0 aliphatic carbocycles. The number of rotatable bonds is 12. The van der Waals surface area contributed by atoms with E-state index in [1.54, 1.807) is 0 Å². The first-order chi connectivity index (χ1) is 17.9. The van der Waals surface area contributed by atoms with Crippen LogP contribution in [0.5, 0.6) is 0 Å². The Morgan fingerprint density at radius 2 is 1.62 bits per heavy atom. The summed E-state index contributed by atoms with van der Waals surface area (Å²) in [5.74, 6) is 1.30. The second-order valence-electron chi connectivity index (χ2n) is 11.6. The quantitative estimate of drug-likeness (QED) is 0.269. The highest BCUT2D eigenvalue weighted by Gasteiger charge is 2.20. The maximum absolute atomic E-state index is 13.7. The first-order valence-corrected chi connectivity index (χ1v) is 14.5. The van der Waals surface area contributed by atoms with Crippen molar-refractivity contribution >= 4 is 11.4 Å². The lowest BCUT2D eigenvalue weighted by Crippen LogP contribution is -2.34. The molecule has 5 heteroatoms. The fraction of sp³-hybridized carbons (Fsp3) is 0.562. The van der Waals surface area contributed by atoms with E-state index in [1.807, 2.05) is 16.8 Å². The molecule has 200 valence electrons. The Morgan fingerprint density at radius 3 is 2.27 bits per heavy atom. The van der Waals surface area contributed by atoms with Crippen molar-refractivity contribution in [1.82, 2.24) is 19.4 Å². The summed E-state index contributed by atoms with van der Waals surface area (Å²) in [5, 5.41) is 4.99. The number of fused-ring (bicyclic) bond motifs is 1. The van der Waals surface area contributed by atoms with Crippen molar-refractivity contribution in [2.45, 2.75) is 72.6 Å². The van der Waals surface area contributed by atoms with Crippen molar-refractivity contribution in [2.24, 2.45) is 11.8 Å². The van der Waals surface area contributed by atoms with E-state index < -0.39 is 0 Å². The number of carbonyl (C=O) groups is 1. The van der Waals surface area contributed by atoms with E-state index in [0.717, 1.165) is 67.7 Å².